The molecule has 1 aromatic rings. The second kappa shape index (κ2) is 4.19. The van der Waals surface area contributed by atoms with Crippen molar-refractivity contribution >= 4 is 15.9 Å². The summed E-state index contributed by atoms with van der Waals surface area (Å²) >= 11 is 0. The van der Waals surface area contributed by atoms with E-state index in [4.69, 9.17) is 4.74 Å². The van der Waals surface area contributed by atoms with Gasteiger partial charge in [0.1, 0.15) is 11.9 Å². The Balaban J connectivity index is 2.50. The molecular weight excluding hydrogens is 240 g/mol. The van der Waals surface area contributed by atoms with Gasteiger partial charge in [-0.2, -0.15) is 12.7 Å². The van der Waals surface area contributed by atoms with E-state index < -0.39 is 10.2 Å². The van der Waals surface area contributed by atoms with Crippen molar-refractivity contribution < 1.29 is 13.2 Å². The Morgan fingerprint density at radius 1 is 1.35 bits per heavy atom. The molecule has 1 aromatic carbocycles. The molecule has 1 aliphatic rings. The third-order valence-corrected chi connectivity index (χ3v) is 4.45. The summed E-state index contributed by atoms with van der Waals surface area (Å²) in [5.41, 5.74) is 0.597. The van der Waals surface area contributed by atoms with Gasteiger partial charge >= 0.3 is 10.2 Å². The van der Waals surface area contributed by atoms with E-state index in [1.165, 1.54) is 22.7 Å². The molecule has 0 aromatic heterocycles. The van der Waals surface area contributed by atoms with E-state index in [0.29, 0.717) is 18.0 Å². The van der Waals surface area contributed by atoms with E-state index in [9.17, 15) is 8.42 Å². The van der Waals surface area contributed by atoms with Crippen molar-refractivity contribution in [2.75, 3.05) is 24.9 Å². The van der Waals surface area contributed by atoms with E-state index in [0.717, 1.165) is 0 Å². The molecule has 0 amide bonds. The predicted molar refractivity (Wildman–Crippen MR) is 66.5 cm³/mol. The molecule has 2 rings (SSSR count). The molecule has 0 saturated heterocycles. The SMILES string of the molecule is CC1CN(S(=O)(=O)N(C)C)c2ccccc2O1. The largest absolute Gasteiger partial charge is 0.487 e. The average Bonchev–Trinajstić information content (AvgIpc) is 2.27. The number of para-hydroxylation sites is 2. The zero-order chi connectivity index (χ0) is 12.6. The Morgan fingerprint density at radius 3 is 2.65 bits per heavy atom. The summed E-state index contributed by atoms with van der Waals surface area (Å²) in [6.07, 6.45) is -0.153. The second-order valence-electron chi connectivity index (χ2n) is 4.22. The van der Waals surface area contributed by atoms with Crippen LogP contribution in [0.3, 0.4) is 0 Å². The van der Waals surface area contributed by atoms with Gasteiger partial charge in [0.25, 0.3) is 0 Å². The van der Waals surface area contributed by atoms with Gasteiger partial charge in [0.15, 0.2) is 0 Å². The van der Waals surface area contributed by atoms with E-state index >= 15 is 0 Å². The average molecular weight is 256 g/mol. The van der Waals surface area contributed by atoms with Gasteiger partial charge in [-0.15, -0.1) is 0 Å². The number of anilines is 1. The highest BCUT2D eigenvalue weighted by atomic mass is 32.2. The smallest absolute Gasteiger partial charge is 0.303 e. The summed E-state index contributed by atoms with van der Waals surface area (Å²) in [6, 6.07) is 7.17. The highest BCUT2D eigenvalue weighted by Gasteiger charge is 2.32. The van der Waals surface area contributed by atoms with Crippen LogP contribution in [0.1, 0.15) is 6.92 Å². The van der Waals surface area contributed by atoms with E-state index in [1.807, 2.05) is 13.0 Å². The molecule has 1 heterocycles. The third-order valence-electron chi connectivity index (χ3n) is 2.62. The van der Waals surface area contributed by atoms with E-state index in [2.05, 4.69) is 0 Å². The number of benzene rings is 1. The monoisotopic (exact) mass is 256 g/mol. The van der Waals surface area contributed by atoms with Crippen LogP contribution >= 0.6 is 0 Å². The fraction of sp³-hybridized carbons (Fsp3) is 0.455. The van der Waals surface area contributed by atoms with Crippen LogP contribution in [0.2, 0.25) is 0 Å². The quantitative estimate of drug-likeness (QED) is 0.795. The summed E-state index contributed by atoms with van der Waals surface area (Å²) in [4.78, 5) is 0. The fourth-order valence-corrected chi connectivity index (χ4v) is 2.96. The number of nitrogens with zero attached hydrogens (tertiary/aromatic N) is 2. The molecule has 0 saturated carbocycles. The lowest BCUT2D eigenvalue weighted by Crippen LogP contribution is -2.47. The summed E-state index contributed by atoms with van der Waals surface area (Å²) in [7, 11) is -0.408. The maximum Gasteiger partial charge on any atom is 0.303 e. The fourth-order valence-electron chi connectivity index (χ4n) is 1.76. The van der Waals surface area contributed by atoms with Crippen LogP contribution in [0, 0.1) is 0 Å². The minimum atomic E-state index is -3.46. The molecule has 6 heteroatoms. The van der Waals surface area contributed by atoms with Gasteiger partial charge in [0, 0.05) is 14.1 Å². The van der Waals surface area contributed by atoms with Gasteiger partial charge in [0.05, 0.1) is 12.2 Å². The lowest BCUT2D eigenvalue weighted by Gasteiger charge is -2.35. The molecule has 0 N–H and O–H groups in total. The van der Waals surface area contributed by atoms with Crippen molar-refractivity contribution in [2.24, 2.45) is 0 Å². The van der Waals surface area contributed by atoms with E-state index in [-0.39, 0.29) is 6.10 Å². The lowest BCUT2D eigenvalue weighted by molar-refractivity contribution is 0.219. The molecule has 1 atom stereocenters. The van der Waals surface area contributed by atoms with Gasteiger partial charge in [0.2, 0.25) is 0 Å². The Bertz CT molecular complexity index is 513. The van der Waals surface area contributed by atoms with Crippen molar-refractivity contribution in [3.63, 3.8) is 0 Å². The molecule has 0 fully saturated rings. The second-order valence-corrected chi connectivity index (χ2v) is 6.28. The van der Waals surface area contributed by atoms with Crippen molar-refractivity contribution in [3.05, 3.63) is 24.3 Å². The zero-order valence-corrected chi connectivity index (χ0v) is 10.9. The molecule has 0 spiro atoms. The first kappa shape index (κ1) is 12.2. The summed E-state index contributed by atoms with van der Waals surface area (Å²) in [5.74, 6) is 0.608. The normalized spacial score (nSPS) is 20.0. The van der Waals surface area contributed by atoms with Crippen molar-refractivity contribution in [3.8, 4) is 5.75 Å². The molecule has 1 aliphatic heterocycles. The minimum Gasteiger partial charge on any atom is -0.487 e. The maximum atomic E-state index is 12.2. The van der Waals surface area contributed by atoms with Gasteiger partial charge in [-0.3, -0.25) is 4.31 Å². The molecule has 17 heavy (non-hydrogen) atoms. The number of hydrogen-bond acceptors (Lipinski definition) is 3. The summed E-state index contributed by atoms with van der Waals surface area (Å²) in [6.45, 7) is 2.19. The number of rotatable bonds is 2. The van der Waals surface area contributed by atoms with Gasteiger partial charge in [-0.25, -0.2) is 0 Å². The lowest BCUT2D eigenvalue weighted by atomic mass is 10.2. The van der Waals surface area contributed by atoms with Gasteiger partial charge in [-0.05, 0) is 19.1 Å². The molecule has 5 nitrogen and oxygen atoms in total. The Hall–Kier alpha value is -1.27. The van der Waals surface area contributed by atoms with Crippen molar-refractivity contribution in [1.82, 2.24) is 4.31 Å². The van der Waals surface area contributed by atoms with Crippen LogP contribution in [0.25, 0.3) is 0 Å². The number of ether oxygens (including phenoxy) is 1. The predicted octanol–water partition coefficient (Wildman–Crippen LogP) is 1.08. The van der Waals surface area contributed by atoms with Crippen LogP contribution in [0.15, 0.2) is 24.3 Å². The zero-order valence-electron chi connectivity index (χ0n) is 10.1. The first-order chi connectivity index (χ1) is 7.93. The third kappa shape index (κ3) is 2.10. The van der Waals surface area contributed by atoms with Gasteiger partial charge in [-0.1, -0.05) is 12.1 Å². The Kier molecular flexibility index (Phi) is 3.01. The van der Waals surface area contributed by atoms with Gasteiger partial charge < -0.3 is 4.74 Å². The van der Waals surface area contributed by atoms with Crippen LogP contribution in [-0.4, -0.2) is 39.5 Å². The van der Waals surface area contributed by atoms with Crippen LogP contribution in [-0.2, 0) is 10.2 Å². The standard InChI is InChI=1S/C11H16N2O3S/c1-9-8-13(17(14,15)12(2)3)10-6-4-5-7-11(10)16-9/h4-7,9H,8H2,1-3H3. The molecule has 1 unspecified atom stereocenters. The highest BCUT2D eigenvalue weighted by Crippen LogP contribution is 2.34. The van der Waals surface area contributed by atoms with Crippen LogP contribution in [0.4, 0.5) is 5.69 Å². The van der Waals surface area contributed by atoms with Crippen LogP contribution < -0.4 is 9.04 Å². The summed E-state index contributed by atoms with van der Waals surface area (Å²) < 4.78 is 32.6. The molecule has 0 radical (unpaired) electrons. The van der Waals surface area contributed by atoms with Crippen molar-refractivity contribution in [1.29, 1.82) is 0 Å². The number of hydrogen-bond donors (Lipinski definition) is 0. The molecule has 0 bridgehead atoms. The topological polar surface area (TPSA) is 49.9 Å². The van der Waals surface area contributed by atoms with E-state index in [1.54, 1.807) is 18.2 Å². The first-order valence-electron chi connectivity index (χ1n) is 5.39. The van der Waals surface area contributed by atoms with Crippen LogP contribution in [0.5, 0.6) is 5.75 Å². The Labute approximate surface area is 102 Å². The summed E-state index contributed by atoms with van der Waals surface area (Å²) in [5, 5.41) is 0. The minimum absolute atomic E-state index is 0.153. The maximum absolute atomic E-state index is 12.2. The number of fused-ring (bicyclic) bond motifs is 1. The molecular formula is C11H16N2O3S. The first-order valence-corrected chi connectivity index (χ1v) is 6.78. The Morgan fingerprint density at radius 2 is 2.00 bits per heavy atom. The highest BCUT2D eigenvalue weighted by molar-refractivity contribution is 7.90. The molecule has 94 valence electrons. The van der Waals surface area contributed by atoms with Crippen molar-refractivity contribution in [2.45, 2.75) is 13.0 Å². The molecule has 0 aliphatic carbocycles.